The second-order valence-corrected chi connectivity index (χ2v) is 7.23. The van der Waals surface area contributed by atoms with Crippen LogP contribution in [-0.4, -0.2) is 23.3 Å². The van der Waals surface area contributed by atoms with E-state index in [0.717, 1.165) is 16.1 Å². The van der Waals surface area contributed by atoms with Crippen LogP contribution in [0.4, 0.5) is 0 Å². The van der Waals surface area contributed by atoms with Gasteiger partial charge in [-0.15, -0.1) is 11.3 Å². The van der Waals surface area contributed by atoms with Crippen LogP contribution in [0.15, 0.2) is 53.9 Å². The number of halogens is 1. The Labute approximate surface area is 166 Å². The Hall–Kier alpha value is -2.70. The number of nitrogens with zero attached hydrogens (tertiary/aromatic N) is 1. The van der Waals surface area contributed by atoms with Crippen molar-refractivity contribution < 1.29 is 9.59 Å². The third-order valence-electron chi connectivity index (χ3n) is 3.95. The van der Waals surface area contributed by atoms with E-state index in [1.807, 2.05) is 35.7 Å². The van der Waals surface area contributed by atoms with Crippen molar-refractivity contribution in [1.82, 2.24) is 10.3 Å². The Morgan fingerprint density at radius 3 is 2.74 bits per heavy atom. The summed E-state index contributed by atoms with van der Waals surface area (Å²) in [6, 6.07) is 14.6. The summed E-state index contributed by atoms with van der Waals surface area (Å²) in [7, 11) is 0. The molecule has 0 fully saturated rings. The molecule has 3 N–H and O–H groups in total. The number of hydrogen-bond donors (Lipinski definition) is 2. The molecule has 3 rings (SSSR count). The molecule has 0 saturated heterocycles. The molecule has 0 bridgehead atoms. The number of hydrogen-bond acceptors (Lipinski definition) is 4. The molecule has 0 unspecified atom stereocenters. The first-order chi connectivity index (χ1) is 13.0. The highest BCUT2D eigenvalue weighted by molar-refractivity contribution is 7.13. The third-order valence-corrected chi connectivity index (χ3v) is 5.20. The van der Waals surface area contributed by atoms with E-state index in [1.165, 1.54) is 11.3 Å². The largest absolute Gasteiger partial charge is 0.366 e. The Morgan fingerprint density at radius 1 is 1.15 bits per heavy atom. The maximum atomic E-state index is 12.1. The van der Waals surface area contributed by atoms with Crippen LogP contribution in [0, 0.1) is 0 Å². The number of rotatable bonds is 7. The summed E-state index contributed by atoms with van der Waals surface area (Å²) in [5.74, 6) is -0.559. The van der Waals surface area contributed by atoms with Crippen molar-refractivity contribution in [2.45, 2.75) is 12.8 Å². The number of amides is 2. The molecule has 0 radical (unpaired) electrons. The molecular formula is C20H18ClN3O2S. The third kappa shape index (κ3) is 5.15. The lowest BCUT2D eigenvalue weighted by atomic mass is 10.1. The fourth-order valence-corrected chi connectivity index (χ4v) is 3.74. The molecule has 0 saturated carbocycles. The molecule has 0 spiro atoms. The minimum absolute atomic E-state index is 0.0999. The standard InChI is InChI=1S/C20H18ClN3O2S/c21-17-7-2-1-6-16(17)20-24-15(12-27-20)11-18(25)23-9-8-13-4-3-5-14(10-13)19(22)26/h1-7,10,12H,8-9,11H2,(H2,22,26)(H,23,25). The molecule has 1 aromatic heterocycles. The van der Waals surface area contributed by atoms with E-state index in [9.17, 15) is 9.59 Å². The van der Waals surface area contributed by atoms with Crippen LogP contribution in [0.25, 0.3) is 10.6 Å². The van der Waals surface area contributed by atoms with E-state index in [-0.39, 0.29) is 12.3 Å². The molecule has 7 heteroatoms. The van der Waals surface area contributed by atoms with Gasteiger partial charge in [0.1, 0.15) is 5.01 Å². The fraction of sp³-hybridized carbons (Fsp3) is 0.150. The number of carbonyl (C=O) groups is 2. The van der Waals surface area contributed by atoms with Gasteiger partial charge in [0, 0.05) is 23.1 Å². The van der Waals surface area contributed by atoms with E-state index >= 15 is 0 Å². The molecule has 0 atom stereocenters. The smallest absolute Gasteiger partial charge is 0.248 e. The van der Waals surface area contributed by atoms with Gasteiger partial charge in [0.15, 0.2) is 0 Å². The van der Waals surface area contributed by atoms with Crippen LogP contribution in [0.2, 0.25) is 5.02 Å². The van der Waals surface area contributed by atoms with Crippen molar-refractivity contribution in [2.75, 3.05) is 6.54 Å². The fourth-order valence-electron chi connectivity index (χ4n) is 2.60. The van der Waals surface area contributed by atoms with Crippen LogP contribution < -0.4 is 11.1 Å². The van der Waals surface area contributed by atoms with Crippen LogP contribution in [0.5, 0.6) is 0 Å². The maximum absolute atomic E-state index is 12.1. The van der Waals surface area contributed by atoms with E-state index in [2.05, 4.69) is 10.3 Å². The summed E-state index contributed by atoms with van der Waals surface area (Å²) in [5.41, 5.74) is 8.26. The van der Waals surface area contributed by atoms with Gasteiger partial charge in [-0.25, -0.2) is 4.98 Å². The Morgan fingerprint density at radius 2 is 1.96 bits per heavy atom. The number of nitrogens with two attached hydrogens (primary N) is 1. The normalized spacial score (nSPS) is 10.6. The van der Waals surface area contributed by atoms with Crippen LogP contribution >= 0.6 is 22.9 Å². The first-order valence-electron chi connectivity index (χ1n) is 8.37. The van der Waals surface area contributed by atoms with Gasteiger partial charge in [-0.05, 0) is 30.2 Å². The van der Waals surface area contributed by atoms with Crippen molar-refractivity contribution >= 4 is 34.8 Å². The molecule has 27 heavy (non-hydrogen) atoms. The molecule has 1 heterocycles. The second kappa shape index (κ2) is 8.79. The average molecular weight is 400 g/mol. The number of benzene rings is 2. The van der Waals surface area contributed by atoms with Crippen molar-refractivity contribution in [2.24, 2.45) is 5.73 Å². The average Bonchev–Trinajstić information content (AvgIpc) is 3.10. The zero-order valence-electron chi connectivity index (χ0n) is 14.4. The van der Waals surface area contributed by atoms with E-state index < -0.39 is 5.91 Å². The zero-order chi connectivity index (χ0) is 19.2. The predicted molar refractivity (Wildman–Crippen MR) is 108 cm³/mol. The minimum atomic E-state index is -0.459. The highest BCUT2D eigenvalue weighted by Gasteiger charge is 2.11. The maximum Gasteiger partial charge on any atom is 0.248 e. The summed E-state index contributed by atoms with van der Waals surface area (Å²) in [6.07, 6.45) is 0.830. The molecule has 2 aromatic carbocycles. The van der Waals surface area contributed by atoms with E-state index in [4.69, 9.17) is 17.3 Å². The van der Waals surface area contributed by atoms with Crippen LogP contribution in [0.1, 0.15) is 21.6 Å². The summed E-state index contributed by atoms with van der Waals surface area (Å²) in [4.78, 5) is 27.8. The monoisotopic (exact) mass is 399 g/mol. The molecule has 0 aliphatic carbocycles. The first-order valence-corrected chi connectivity index (χ1v) is 9.63. The molecule has 0 aliphatic heterocycles. The number of carbonyl (C=O) groups excluding carboxylic acids is 2. The molecule has 0 aliphatic rings. The van der Waals surface area contributed by atoms with Gasteiger partial charge in [-0.2, -0.15) is 0 Å². The summed E-state index contributed by atoms with van der Waals surface area (Å²) in [6.45, 7) is 0.475. The summed E-state index contributed by atoms with van der Waals surface area (Å²) in [5, 5.41) is 6.18. The predicted octanol–water partition coefficient (Wildman–Crippen LogP) is 3.46. The van der Waals surface area contributed by atoms with Crippen LogP contribution in [0.3, 0.4) is 0 Å². The van der Waals surface area contributed by atoms with Crippen LogP contribution in [-0.2, 0) is 17.6 Å². The van der Waals surface area contributed by atoms with Gasteiger partial charge < -0.3 is 11.1 Å². The Bertz CT molecular complexity index is 971. The minimum Gasteiger partial charge on any atom is -0.366 e. The number of aromatic nitrogens is 1. The molecule has 3 aromatic rings. The van der Waals surface area contributed by atoms with Gasteiger partial charge in [0.25, 0.3) is 0 Å². The lowest BCUT2D eigenvalue weighted by Gasteiger charge is -2.05. The highest BCUT2D eigenvalue weighted by Crippen LogP contribution is 2.30. The number of thiazole rings is 1. The Kier molecular flexibility index (Phi) is 6.21. The van der Waals surface area contributed by atoms with Crippen molar-refractivity contribution in [3.05, 3.63) is 75.8 Å². The van der Waals surface area contributed by atoms with Gasteiger partial charge in [0.2, 0.25) is 11.8 Å². The summed E-state index contributed by atoms with van der Waals surface area (Å²) < 4.78 is 0. The second-order valence-electron chi connectivity index (χ2n) is 5.97. The van der Waals surface area contributed by atoms with Gasteiger partial charge in [-0.1, -0.05) is 41.9 Å². The Balaban J connectivity index is 1.52. The molecule has 5 nitrogen and oxygen atoms in total. The van der Waals surface area contributed by atoms with Crippen molar-refractivity contribution in [1.29, 1.82) is 0 Å². The van der Waals surface area contributed by atoms with Gasteiger partial charge in [0.05, 0.1) is 17.1 Å². The van der Waals surface area contributed by atoms with Crippen molar-refractivity contribution in [3.8, 4) is 10.6 Å². The van der Waals surface area contributed by atoms with E-state index in [1.54, 1.807) is 18.2 Å². The van der Waals surface area contributed by atoms with E-state index in [0.29, 0.717) is 29.2 Å². The lowest BCUT2D eigenvalue weighted by Crippen LogP contribution is -2.27. The quantitative estimate of drug-likeness (QED) is 0.638. The van der Waals surface area contributed by atoms with Gasteiger partial charge in [-0.3, -0.25) is 9.59 Å². The SMILES string of the molecule is NC(=O)c1cccc(CCNC(=O)Cc2csc(-c3ccccc3Cl)n2)c1. The van der Waals surface area contributed by atoms with Gasteiger partial charge >= 0.3 is 0 Å². The number of nitrogens with one attached hydrogen (secondary N) is 1. The zero-order valence-corrected chi connectivity index (χ0v) is 16.0. The number of primary amides is 1. The molecule has 138 valence electrons. The molecule has 2 amide bonds. The summed E-state index contributed by atoms with van der Waals surface area (Å²) >= 11 is 7.65. The van der Waals surface area contributed by atoms with Crippen molar-refractivity contribution in [3.63, 3.8) is 0 Å². The molecular weight excluding hydrogens is 382 g/mol. The first kappa shape index (κ1) is 19.1. The topological polar surface area (TPSA) is 85.1 Å². The highest BCUT2D eigenvalue weighted by atomic mass is 35.5. The lowest BCUT2D eigenvalue weighted by molar-refractivity contribution is -0.120.